The van der Waals surface area contributed by atoms with E-state index in [0.29, 0.717) is 12.0 Å². The summed E-state index contributed by atoms with van der Waals surface area (Å²) in [4.78, 5) is 11.8. The number of benzene rings is 1. The van der Waals surface area contributed by atoms with E-state index < -0.39 is 6.36 Å². The lowest BCUT2D eigenvalue weighted by Gasteiger charge is -2.14. The Labute approximate surface area is 132 Å². The molecule has 0 aromatic heterocycles. The molecule has 0 aliphatic carbocycles. The van der Waals surface area contributed by atoms with Gasteiger partial charge in [-0.2, -0.15) is 0 Å². The third-order valence-electron chi connectivity index (χ3n) is 3.27. The van der Waals surface area contributed by atoms with Crippen molar-refractivity contribution in [2.24, 2.45) is 0 Å². The molecule has 0 bridgehead atoms. The summed E-state index contributed by atoms with van der Waals surface area (Å²) in [6.45, 7) is 0.915. The molecule has 1 unspecified atom stereocenters. The molecule has 124 valence electrons. The number of carbonyl (C=O) groups is 1. The maximum Gasteiger partial charge on any atom is 0.573 e. The Balaban J connectivity index is 0.00000242. The third kappa shape index (κ3) is 6.11. The summed E-state index contributed by atoms with van der Waals surface area (Å²) in [6.07, 6.45) is -2.42. The first kappa shape index (κ1) is 18.6. The largest absolute Gasteiger partial charge is 0.573 e. The fraction of sp³-hybridized carbons (Fsp3) is 0.500. The van der Waals surface area contributed by atoms with Crippen molar-refractivity contribution >= 4 is 18.3 Å². The van der Waals surface area contributed by atoms with Crippen molar-refractivity contribution in [2.75, 3.05) is 6.54 Å². The van der Waals surface area contributed by atoms with Gasteiger partial charge in [-0.05, 0) is 25.5 Å². The third-order valence-corrected chi connectivity index (χ3v) is 3.27. The molecular formula is C14H18ClF3N2O2. The van der Waals surface area contributed by atoms with E-state index in [0.717, 1.165) is 19.4 Å². The van der Waals surface area contributed by atoms with Gasteiger partial charge in [-0.25, -0.2) is 0 Å². The van der Waals surface area contributed by atoms with E-state index in [1.807, 2.05) is 0 Å². The van der Waals surface area contributed by atoms with E-state index in [4.69, 9.17) is 0 Å². The number of nitrogens with one attached hydrogen (secondary N) is 2. The molecule has 1 aliphatic rings. The lowest BCUT2D eigenvalue weighted by molar-refractivity contribution is -0.274. The molecule has 1 aliphatic heterocycles. The molecule has 0 spiro atoms. The summed E-state index contributed by atoms with van der Waals surface area (Å²) in [5.41, 5.74) is 0.294. The Hall–Kier alpha value is -1.47. The molecule has 1 aromatic rings. The van der Waals surface area contributed by atoms with Gasteiger partial charge in [-0.1, -0.05) is 18.2 Å². The van der Waals surface area contributed by atoms with Crippen molar-refractivity contribution in [3.05, 3.63) is 29.8 Å². The minimum atomic E-state index is -4.74. The van der Waals surface area contributed by atoms with E-state index >= 15 is 0 Å². The summed E-state index contributed by atoms with van der Waals surface area (Å²) < 4.78 is 40.8. The number of hydrogen-bond donors (Lipinski definition) is 2. The van der Waals surface area contributed by atoms with Crippen LogP contribution in [-0.4, -0.2) is 24.9 Å². The van der Waals surface area contributed by atoms with Crippen molar-refractivity contribution in [1.29, 1.82) is 0 Å². The second-order valence-electron chi connectivity index (χ2n) is 4.93. The number of amides is 1. The lowest BCUT2D eigenvalue weighted by Crippen LogP contribution is -2.31. The monoisotopic (exact) mass is 338 g/mol. The second-order valence-corrected chi connectivity index (χ2v) is 4.93. The molecule has 2 N–H and O–H groups in total. The molecule has 1 aromatic carbocycles. The molecule has 0 radical (unpaired) electrons. The second kappa shape index (κ2) is 8.24. The van der Waals surface area contributed by atoms with Crippen molar-refractivity contribution in [1.82, 2.24) is 10.6 Å². The van der Waals surface area contributed by atoms with Gasteiger partial charge in [0, 0.05) is 24.6 Å². The van der Waals surface area contributed by atoms with E-state index in [1.54, 1.807) is 6.07 Å². The Bertz CT molecular complexity index is 491. The zero-order valence-electron chi connectivity index (χ0n) is 11.8. The van der Waals surface area contributed by atoms with E-state index in [2.05, 4.69) is 15.4 Å². The van der Waals surface area contributed by atoms with Crippen LogP contribution in [0.1, 0.15) is 24.8 Å². The van der Waals surface area contributed by atoms with Crippen LogP contribution in [0.5, 0.6) is 5.75 Å². The number of para-hydroxylation sites is 1. The molecule has 8 heteroatoms. The Kier molecular flexibility index (Phi) is 6.96. The van der Waals surface area contributed by atoms with Crippen LogP contribution in [0.4, 0.5) is 13.2 Å². The van der Waals surface area contributed by atoms with E-state index in [9.17, 15) is 18.0 Å². The maximum atomic E-state index is 12.3. The predicted molar refractivity (Wildman–Crippen MR) is 77.9 cm³/mol. The van der Waals surface area contributed by atoms with Crippen LogP contribution >= 0.6 is 12.4 Å². The standard InChI is InChI=1S/C14H17F3N2O2.ClH/c15-14(16,17)21-12-6-2-1-4-10(12)9-19-13(20)8-11-5-3-7-18-11;/h1-2,4,6,11,18H,3,5,7-9H2,(H,19,20);1H. The normalized spacial score (nSPS) is 17.7. The van der Waals surface area contributed by atoms with E-state index in [-0.39, 0.29) is 36.7 Å². The van der Waals surface area contributed by atoms with Gasteiger partial charge in [0.05, 0.1) is 0 Å². The number of hydrogen-bond acceptors (Lipinski definition) is 3. The highest BCUT2D eigenvalue weighted by Gasteiger charge is 2.32. The molecule has 1 amide bonds. The van der Waals surface area contributed by atoms with Crippen molar-refractivity contribution in [3.8, 4) is 5.75 Å². The number of rotatable bonds is 5. The first-order chi connectivity index (χ1) is 9.94. The summed E-state index contributed by atoms with van der Waals surface area (Å²) in [6, 6.07) is 5.94. The lowest BCUT2D eigenvalue weighted by atomic mass is 10.1. The van der Waals surface area contributed by atoms with Gasteiger partial charge in [0.25, 0.3) is 0 Å². The SMILES string of the molecule is Cl.O=C(CC1CCCN1)NCc1ccccc1OC(F)(F)F. The fourth-order valence-corrected chi connectivity index (χ4v) is 2.29. The van der Waals surface area contributed by atoms with E-state index in [1.165, 1.54) is 18.2 Å². The summed E-state index contributed by atoms with van der Waals surface area (Å²) >= 11 is 0. The summed E-state index contributed by atoms with van der Waals surface area (Å²) in [5.74, 6) is -0.472. The topological polar surface area (TPSA) is 50.4 Å². The van der Waals surface area contributed by atoms with Crippen LogP contribution in [0.2, 0.25) is 0 Å². The minimum Gasteiger partial charge on any atom is -0.405 e. The highest BCUT2D eigenvalue weighted by molar-refractivity contribution is 5.85. The molecule has 1 fully saturated rings. The zero-order chi connectivity index (χ0) is 15.3. The number of carbonyl (C=O) groups excluding carboxylic acids is 1. The van der Waals surface area contributed by atoms with Crippen molar-refractivity contribution in [3.63, 3.8) is 0 Å². The smallest absolute Gasteiger partial charge is 0.405 e. The number of alkyl halides is 3. The number of halogens is 4. The molecule has 1 heterocycles. The maximum absolute atomic E-state index is 12.3. The molecular weight excluding hydrogens is 321 g/mol. The summed E-state index contributed by atoms with van der Waals surface area (Å²) in [7, 11) is 0. The summed E-state index contributed by atoms with van der Waals surface area (Å²) in [5, 5.41) is 5.82. The molecule has 4 nitrogen and oxygen atoms in total. The minimum absolute atomic E-state index is 0. The average Bonchev–Trinajstić information content (AvgIpc) is 2.89. The van der Waals surface area contributed by atoms with Gasteiger partial charge >= 0.3 is 6.36 Å². The van der Waals surface area contributed by atoms with Crippen LogP contribution in [0.15, 0.2) is 24.3 Å². The Morgan fingerprint density at radius 1 is 1.36 bits per heavy atom. The van der Waals surface area contributed by atoms with Crippen LogP contribution < -0.4 is 15.4 Å². The van der Waals surface area contributed by atoms with Gasteiger partial charge < -0.3 is 15.4 Å². The first-order valence-electron chi connectivity index (χ1n) is 6.78. The zero-order valence-corrected chi connectivity index (χ0v) is 12.6. The number of ether oxygens (including phenoxy) is 1. The van der Waals surface area contributed by atoms with Crippen LogP contribution in [0.25, 0.3) is 0 Å². The average molecular weight is 339 g/mol. The van der Waals surface area contributed by atoms with Gasteiger partial charge in [0.1, 0.15) is 5.75 Å². The predicted octanol–water partition coefficient (Wildman–Crippen LogP) is 2.77. The molecule has 1 atom stereocenters. The Morgan fingerprint density at radius 2 is 2.09 bits per heavy atom. The quantitative estimate of drug-likeness (QED) is 0.868. The first-order valence-corrected chi connectivity index (χ1v) is 6.78. The van der Waals surface area contributed by atoms with Crippen molar-refractivity contribution < 1.29 is 22.7 Å². The van der Waals surface area contributed by atoms with Crippen LogP contribution in [0, 0.1) is 0 Å². The highest BCUT2D eigenvalue weighted by atomic mass is 35.5. The highest BCUT2D eigenvalue weighted by Crippen LogP contribution is 2.26. The molecule has 0 saturated carbocycles. The molecule has 2 rings (SSSR count). The van der Waals surface area contributed by atoms with Crippen LogP contribution in [0.3, 0.4) is 0 Å². The van der Waals surface area contributed by atoms with Gasteiger partial charge in [0.2, 0.25) is 5.91 Å². The van der Waals surface area contributed by atoms with Gasteiger partial charge in [-0.15, -0.1) is 25.6 Å². The van der Waals surface area contributed by atoms with Crippen molar-refractivity contribution in [2.45, 2.75) is 38.2 Å². The molecule has 22 heavy (non-hydrogen) atoms. The van der Waals surface area contributed by atoms with Gasteiger partial charge in [-0.3, -0.25) is 4.79 Å². The van der Waals surface area contributed by atoms with Gasteiger partial charge in [0.15, 0.2) is 0 Å². The fourth-order valence-electron chi connectivity index (χ4n) is 2.29. The Morgan fingerprint density at radius 3 is 2.73 bits per heavy atom. The van der Waals surface area contributed by atoms with Crippen LogP contribution in [-0.2, 0) is 11.3 Å². The molecule has 1 saturated heterocycles.